The number of β-amino-alcohol motifs (C(OH)–C–C–N with tert-alkyl or cyclic N) is 1. The molecule has 0 spiro atoms. The third-order valence-electron chi connectivity index (χ3n) is 12.1. The fourth-order valence-corrected chi connectivity index (χ4v) is 10.2. The Kier molecular flexibility index (Phi) is 16.2. The van der Waals surface area contributed by atoms with Gasteiger partial charge in [-0.15, -0.1) is 22.7 Å². The lowest BCUT2D eigenvalue weighted by Gasteiger charge is -2.35. The van der Waals surface area contributed by atoms with Gasteiger partial charge < -0.3 is 45.1 Å². The number of aliphatic hydroxyl groups is 1. The molecule has 0 saturated carbocycles. The summed E-state index contributed by atoms with van der Waals surface area (Å²) in [5, 5.41) is 41.2. The highest BCUT2D eigenvalue weighted by Gasteiger charge is 2.44. The highest BCUT2D eigenvalue weighted by Crippen LogP contribution is 2.47. The van der Waals surface area contributed by atoms with E-state index in [2.05, 4.69) is 26.1 Å². The molecule has 2 aromatic heterocycles. The number of aryl methyl sites for hydroxylation is 1. The largest absolute Gasteiger partial charge is 0.508 e. The Morgan fingerprint density at radius 3 is 2.21 bits per heavy atom. The second-order valence-electron chi connectivity index (χ2n) is 18.7. The predicted molar refractivity (Wildman–Crippen MR) is 281 cm³/mol. The average Bonchev–Trinajstić information content (AvgIpc) is 4.09. The third-order valence-corrected chi connectivity index (χ3v) is 14.3. The number of amides is 4. The number of phenolic OH excluding ortho intramolecular Hbond substituents is 2. The first-order valence-corrected chi connectivity index (χ1v) is 25.3. The van der Waals surface area contributed by atoms with Crippen LogP contribution in [0.1, 0.15) is 67.3 Å². The van der Waals surface area contributed by atoms with Gasteiger partial charge in [0.05, 0.1) is 45.9 Å². The van der Waals surface area contributed by atoms with Gasteiger partial charge in [-0.2, -0.15) is 5.10 Å². The molecule has 73 heavy (non-hydrogen) atoms. The van der Waals surface area contributed by atoms with Gasteiger partial charge >= 0.3 is 0 Å². The molecule has 16 nitrogen and oxygen atoms in total. The van der Waals surface area contributed by atoms with Crippen LogP contribution in [0.2, 0.25) is 0 Å². The number of hydrogen-bond acceptors (Lipinski definition) is 14. The second kappa shape index (κ2) is 22.8. The Morgan fingerprint density at radius 1 is 0.849 bits per heavy atom. The highest BCUT2D eigenvalue weighted by atomic mass is 32.1. The number of aromatic hydroxyl groups is 2. The zero-order chi connectivity index (χ0) is 51.8. The number of carbonyl (C=O) groups excluding carboxylic acids is 4. The van der Waals surface area contributed by atoms with E-state index in [0.717, 1.165) is 42.2 Å². The Morgan fingerprint density at radius 2 is 1.52 bits per heavy atom. The summed E-state index contributed by atoms with van der Waals surface area (Å²) in [5.74, 6) is 0.0991. The van der Waals surface area contributed by atoms with Crippen LogP contribution in [-0.4, -0.2) is 99.6 Å². The van der Waals surface area contributed by atoms with E-state index in [4.69, 9.17) is 14.2 Å². The number of nitrogens with zero attached hydrogens (tertiary/aromatic N) is 3. The molecular formula is C55H56N6O10S2. The number of thiophene rings is 1. The lowest BCUT2D eigenvalue weighted by atomic mass is 9.85. The van der Waals surface area contributed by atoms with E-state index in [1.165, 1.54) is 22.5 Å². The number of rotatable bonds is 18. The zero-order valence-corrected chi connectivity index (χ0v) is 42.5. The number of fused-ring (bicyclic) bond motifs is 1. The van der Waals surface area contributed by atoms with E-state index in [1.807, 2.05) is 58.9 Å². The average molecular weight is 1030 g/mol. The number of thiazole rings is 1. The Bertz CT molecular complexity index is 3100. The van der Waals surface area contributed by atoms with Crippen molar-refractivity contribution in [2.45, 2.75) is 65.3 Å². The van der Waals surface area contributed by atoms with Crippen molar-refractivity contribution < 1.29 is 48.7 Å². The number of ether oxygens (including phenoxy) is 3. The number of aliphatic hydroxyl groups excluding tert-OH is 1. The van der Waals surface area contributed by atoms with E-state index in [0.29, 0.717) is 28.4 Å². The maximum atomic E-state index is 14.1. The Hall–Kier alpha value is -7.64. The van der Waals surface area contributed by atoms with Crippen molar-refractivity contribution in [1.82, 2.24) is 25.9 Å². The zero-order valence-electron chi connectivity index (χ0n) is 40.8. The summed E-state index contributed by atoms with van der Waals surface area (Å²) in [7, 11) is 0. The molecule has 18 heteroatoms. The summed E-state index contributed by atoms with van der Waals surface area (Å²) in [6, 6.07) is 31.0. The Balaban J connectivity index is 0.764. The minimum Gasteiger partial charge on any atom is -0.508 e. The van der Waals surface area contributed by atoms with Gasteiger partial charge in [-0.05, 0) is 133 Å². The number of carbonyl (C=O) groups is 4. The fraction of sp³-hybridized carbons (Fsp3) is 0.273. The fourth-order valence-electron chi connectivity index (χ4n) is 8.24. The smallest absolute Gasteiger partial charge is 0.271 e. The minimum atomic E-state index is -1.01. The van der Waals surface area contributed by atoms with Gasteiger partial charge in [0, 0.05) is 28.6 Å². The monoisotopic (exact) mass is 1020 g/mol. The van der Waals surface area contributed by atoms with Crippen LogP contribution in [0.3, 0.4) is 0 Å². The van der Waals surface area contributed by atoms with Crippen LogP contribution in [0.5, 0.6) is 28.7 Å². The first kappa shape index (κ1) is 51.7. The second-order valence-corrected chi connectivity index (χ2v) is 20.6. The molecule has 5 aromatic carbocycles. The van der Waals surface area contributed by atoms with Crippen molar-refractivity contribution in [3.05, 3.63) is 143 Å². The first-order chi connectivity index (χ1) is 35.0. The SMILES string of the molecule is Cc1ncsc1-c1ccc(C(C)NC(=O)C2CC(O)CN2C(=O)C(NC(=O)COCCOc2ccc(C=NNC(=O)c3ccc(Oc4c(-c5ccc(O)cc5)sc5cc(O)ccc45)cc3)cc2)C(C)(C)C)cc1. The molecule has 4 atom stereocenters. The topological polar surface area (TPSA) is 221 Å². The van der Waals surface area contributed by atoms with Gasteiger partial charge in [0.1, 0.15) is 48.3 Å². The van der Waals surface area contributed by atoms with Crippen molar-refractivity contribution in [1.29, 1.82) is 0 Å². The summed E-state index contributed by atoms with van der Waals surface area (Å²) in [5.41, 5.74) is 8.37. The van der Waals surface area contributed by atoms with Crippen LogP contribution < -0.4 is 25.5 Å². The van der Waals surface area contributed by atoms with E-state index in [9.17, 15) is 34.5 Å². The molecule has 0 bridgehead atoms. The number of phenols is 2. The molecule has 4 amide bonds. The van der Waals surface area contributed by atoms with Crippen LogP contribution in [0.4, 0.5) is 0 Å². The van der Waals surface area contributed by atoms with Crippen molar-refractivity contribution in [2.24, 2.45) is 10.5 Å². The predicted octanol–water partition coefficient (Wildman–Crippen LogP) is 8.73. The molecule has 1 fully saturated rings. The van der Waals surface area contributed by atoms with Gasteiger partial charge in [-0.1, -0.05) is 45.0 Å². The molecule has 1 saturated heterocycles. The van der Waals surface area contributed by atoms with E-state index < -0.39 is 47.2 Å². The number of hydrazone groups is 1. The molecule has 3 heterocycles. The van der Waals surface area contributed by atoms with Crippen LogP contribution in [0, 0.1) is 12.3 Å². The third kappa shape index (κ3) is 12.9. The maximum absolute atomic E-state index is 14.1. The van der Waals surface area contributed by atoms with Crippen molar-refractivity contribution in [2.75, 3.05) is 26.4 Å². The number of benzene rings is 5. The molecule has 0 radical (unpaired) electrons. The molecule has 1 aliphatic heterocycles. The highest BCUT2D eigenvalue weighted by molar-refractivity contribution is 7.22. The van der Waals surface area contributed by atoms with Gasteiger partial charge in [0.15, 0.2) is 5.75 Å². The minimum absolute atomic E-state index is 0.0437. The van der Waals surface area contributed by atoms with E-state index in [-0.39, 0.29) is 50.3 Å². The lowest BCUT2D eigenvalue weighted by Crippen LogP contribution is -2.58. The normalized spacial score (nSPS) is 15.5. The number of nitrogens with one attached hydrogen (secondary N) is 3. The van der Waals surface area contributed by atoms with Crippen LogP contribution in [0.15, 0.2) is 126 Å². The molecule has 378 valence electrons. The van der Waals surface area contributed by atoms with Crippen LogP contribution in [-0.2, 0) is 19.1 Å². The summed E-state index contributed by atoms with van der Waals surface area (Å²) in [6.07, 6.45) is 0.663. The van der Waals surface area contributed by atoms with Crippen molar-refractivity contribution in [3.8, 4) is 49.6 Å². The quantitative estimate of drug-likeness (QED) is 0.0271. The standard InChI is InChI=1S/C55H56N6O10S2/c1-32(35-8-10-36(11-9-35)49-33(2)56-31-72-49)58-53(67)45-26-41(64)29-61(45)54(68)51(55(3,4)5)59-47(65)30-69-24-25-70-42-19-6-34(7-20-42)28-57-60-52(66)38-14-21-43(22-15-38)71-48-44-23-18-40(63)27-46(44)73-50(48)37-12-16-39(62)17-13-37/h6-23,27-28,31-32,41,45,51,62-64H,24-26,29-30H2,1-5H3,(H,58,67)(H,59,65)(H,60,66). The lowest BCUT2D eigenvalue weighted by molar-refractivity contribution is -0.144. The molecule has 8 rings (SSSR count). The van der Waals surface area contributed by atoms with Crippen molar-refractivity contribution >= 4 is 62.6 Å². The molecule has 1 aliphatic rings. The van der Waals surface area contributed by atoms with Crippen molar-refractivity contribution in [3.63, 3.8) is 0 Å². The Labute approximate surface area is 430 Å². The number of aromatic nitrogens is 1. The molecule has 6 N–H and O–H groups in total. The summed E-state index contributed by atoms with van der Waals surface area (Å²) >= 11 is 3.02. The van der Waals surface area contributed by atoms with Gasteiger partial charge in [-0.25, -0.2) is 10.4 Å². The van der Waals surface area contributed by atoms with Gasteiger partial charge in [0.2, 0.25) is 17.7 Å². The van der Waals surface area contributed by atoms with Crippen LogP contribution in [0.25, 0.3) is 31.0 Å². The molecular weight excluding hydrogens is 969 g/mol. The summed E-state index contributed by atoms with van der Waals surface area (Å²) in [6.45, 7) is 9.10. The number of hydrogen-bond donors (Lipinski definition) is 6. The maximum Gasteiger partial charge on any atom is 0.271 e. The van der Waals surface area contributed by atoms with Gasteiger partial charge in [-0.3, -0.25) is 19.2 Å². The summed E-state index contributed by atoms with van der Waals surface area (Å²) in [4.78, 5) is 61.4. The van der Waals surface area contributed by atoms with E-state index >= 15 is 0 Å². The molecule has 7 aromatic rings. The summed E-state index contributed by atoms with van der Waals surface area (Å²) < 4.78 is 18.5. The molecule has 0 aliphatic carbocycles. The first-order valence-electron chi connectivity index (χ1n) is 23.6. The van der Waals surface area contributed by atoms with Gasteiger partial charge in [0.25, 0.3) is 5.91 Å². The number of likely N-dealkylation sites (tertiary alicyclic amines) is 1. The van der Waals surface area contributed by atoms with Crippen LogP contribution >= 0.6 is 22.7 Å². The van der Waals surface area contributed by atoms with E-state index in [1.54, 1.807) is 108 Å². The molecule has 4 unspecified atom stereocenters.